The molecule has 9 heteroatoms. The zero-order chi connectivity index (χ0) is 24.2. The monoisotopic (exact) mass is 462 g/mol. The van der Waals surface area contributed by atoms with Gasteiger partial charge in [-0.05, 0) is 50.1 Å². The SMILES string of the molecule is CCCCCn1c(=NC(=O)c2ccco2)c(C(=O)OCC)cc2c(=O)n3cccc(C)c3nc21. The zero-order valence-electron chi connectivity index (χ0n) is 19.4. The fourth-order valence-electron chi connectivity index (χ4n) is 3.85. The van der Waals surface area contributed by atoms with Gasteiger partial charge in [0.2, 0.25) is 0 Å². The first kappa shape index (κ1) is 23.2. The lowest BCUT2D eigenvalue weighted by atomic mass is 10.2. The Labute approximate surface area is 195 Å². The van der Waals surface area contributed by atoms with Gasteiger partial charge in [-0.3, -0.25) is 14.0 Å². The highest BCUT2D eigenvalue weighted by atomic mass is 16.5. The molecule has 176 valence electrons. The summed E-state index contributed by atoms with van der Waals surface area (Å²) in [6, 6.07) is 8.14. The van der Waals surface area contributed by atoms with E-state index in [1.54, 1.807) is 29.8 Å². The highest BCUT2D eigenvalue weighted by Gasteiger charge is 2.21. The summed E-state index contributed by atoms with van der Waals surface area (Å²) in [5.74, 6) is -1.28. The number of fused-ring (bicyclic) bond motifs is 2. The number of hydrogen-bond acceptors (Lipinski definition) is 6. The Kier molecular flexibility index (Phi) is 6.72. The Balaban J connectivity index is 2.13. The molecule has 0 saturated carbocycles. The zero-order valence-corrected chi connectivity index (χ0v) is 19.4. The van der Waals surface area contributed by atoms with E-state index in [1.165, 1.54) is 22.8 Å². The average Bonchev–Trinajstić information content (AvgIpc) is 3.36. The van der Waals surface area contributed by atoms with Gasteiger partial charge in [0.05, 0.1) is 18.3 Å². The molecule has 9 nitrogen and oxygen atoms in total. The van der Waals surface area contributed by atoms with E-state index in [0.29, 0.717) is 17.8 Å². The van der Waals surface area contributed by atoms with Crippen molar-refractivity contribution in [3.05, 3.63) is 75.5 Å². The molecule has 0 fully saturated rings. The quantitative estimate of drug-likeness (QED) is 0.236. The molecule has 0 aliphatic heterocycles. The number of esters is 1. The summed E-state index contributed by atoms with van der Waals surface area (Å²) in [5.41, 5.74) is 1.47. The third kappa shape index (κ3) is 4.28. The van der Waals surface area contributed by atoms with E-state index in [0.717, 1.165) is 24.8 Å². The predicted octanol–water partition coefficient (Wildman–Crippen LogP) is 3.66. The van der Waals surface area contributed by atoms with Crippen LogP contribution in [0.4, 0.5) is 0 Å². The number of unbranched alkanes of at least 4 members (excludes halogenated alkanes) is 2. The molecule has 0 aliphatic carbocycles. The first-order chi connectivity index (χ1) is 16.5. The highest BCUT2D eigenvalue weighted by molar-refractivity contribution is 5.95. The number of amides is 1. The van der Waals surface area contributed by atoms with Crippen LogP contribution >= 0.6 is 0 Å². The van der Waals surface area contributed by atoms with Crippen molar-refractivity contribution in [2.24, 2.45) is 4.99 Å². The maximum absolute atomic E-state index is 13.4. The van der Waals surface area contributed by atoms with Crippen molar-refractivity contribution in [1.29, 1.82) is 0 Å². The molecule has 0 aliphatic rings. The minimum Gasteiger partial charge on any atom is -0.462 e. The van der Waals surface area contributed by atoms with E-state index in [2.05, 4.69) is 11.9 Å². The number of aromatic nitrogens is 3. The van der Waals surface area contributed by atoms with Gasteiger partial charge in [0, 0.05) is 12.7 Å². The molecule has 0 radical (unpaired) electrons. The number of aryl methyl sites for hydroxylation is 2. The molecule has 0 N–H and O–H groups in total. The van der Waals surface area contributed by atoms with Crippen molar-refractivity contribution in [3.63, 3.8) is 0 Å². The molecule has 0 spiro atoms. The van der Waals surface area contributed by atoms with Crippen LogP contribution in [0.1, 0.15) is 59.6 Å². The van der Waals surface area contributed by atoms with Gasteiger partial charge in [-0.15, -0.1) is 0 Å². The van der Waals surface area contributed by atoms with Crippen molar-refractivity contribution in [2.75, 3.05) is 6.61 Å². The smallest absolute Gasteiger partial charge is 0.341 e. The second-order valence-corrected chi connectivity index (χ2v) is 7.89. The highest BCUT2D eigenvalue weighted by Crippen LogP contribution is 2.15. The van der Waals surface area contributed by atoms with Crippen molar-refractivity contribution in [1.82, 2.24) is 14.0 Å². The first-order valence-electron chi connectivity index (χ1n) is 11.3. The molecule has 34 heavy (non-hydrogen) atoms. The third-order valence-electron chi connectivity index (χ3n) is 5.53. The van der Waals surface area contributed by atoms with Gasteiger partial charge < -0.3 is 13.7 Å². The van der Waals surface area contributed by atoms with Gasteiger partial charge in [-0.1, -0.05) is 25.8 Å². The molecule has 4 heterocycles. The van der Waals surface area contributed by atoms with Crippen LogP contribution in [0.3, 0.4) is 0 Å². The van der Waals surface area contributed by atoms with Gasteiger partial charge >= 0.3 is 11.9 Å². The average molecular weight is 463 g/mol. The van der Waals surface area contributed by atoms with E-state index < -0.39 is 11.9 Å². The number of nitrogens with zero attached hydrogens (tertiary/aromatic N) is 4. The van der Waals surface area contributed by atoms with E-state index in [-0.39, 0.29) is 34.4 Å². The van der Waals surface area contributed by atoms with Crippen molar-refractivity contribution in [2.45, 2.75) is 46.6 Å². The number of carbonyl (C=O) groups excluding carboxylic acids is 2. The van der Waals surface area contributed by atoms with Gasteiger partial charge in [0.25, 0.3) is 5.56 Å². The number of carbonyl (C=O) groups is 2. The molecule has 0 saturated heterocycles. The molecule has 4 aromatic heterocycles. The predicted molar refractivity (Wildman–Crippen MR) is 126 cm³/mol. The van der Waals surface area contributed by atoms with Gasteiger partial charge in [-0.2, -0.15) is 4.99 Å². The Morgan fingerprint density at radius 3 is 2.68 bits per heavy atom. The number of rotatable bonds is 7. The molecule has 4 aromatic rings. The number of furan rings is 1. The van der Waals surface area contributed by atoms with E-state index >= 15 is 0 Å². The minimum atomic E-state index is -0.673. The Morgan fingerprint density at radius 1 is 1.15 bits per heavy atom. The Bertz CT molecular complexity index is 1500. The standard InChI is InChI=1S/C25H26N4O5/c1-4-6-7-12-28-21-17(24(31)29-13-8-10-16(3)20(29)26-21)15-18(25(32)33-5-2)22(28)27-23(30)19-11-9-14-34-19/h8-11,13-15H,4-7,12H2,1-3H3. The summed E-state index contributed by atoms with van der Waals surface area (Å²) >= 11 is 0. The van der Waals surface area contributed by atoms with Gasteiger partial charge in [0.15, 0.2) is 11.2 Å². The van der Waals surface area contributed by atoms with Crippen LogP contribution in [0.5, 0.6) is 0 Å². The molecule has 0 aromatic carbocycles. The molecular formula is C25H26N4O5. The topological polar surface area (TPSA) is 108 Å². The fraction of sp³-hybridized carbons (Fsp3) is 0.320. The Morgan fingerprint density at radius 2 is 1.97 bits per heavy atom. The second-order valence-electron chi connectivity index (χ2n) is 7.89. The normalized spacial score (nSPS) is 11.9. The van der Waals surface area contributed by atoms with E-state index in [1.807, 2.05) is 13.0 Å². The fourth-order valence-corrected chi connectivity index (χ4v) is 3.85. The lowest BCUT2D eigenvalue weighted by Gasteiger charge is -2.15. The summed E-state index contributed by atoms with van der Waals surface area (Å²) in [6.45, 7) is 6.17. The van der Waals surface area contributed by atoms with Gasteiger partial charge in [-0.25, -0.2) is 9.78 Å². The molecule has 0 unspecified atom stereocenters. The number of ether oxygens (including phenoxy) is 1. The summed E-state index contributed by atoms with van der Waals surface area (Å²) in [5, 5.41) is 0.243. The Hall–Kier alpha value is -4.01. The molecule has 0 bridgehead atoms. The van der Waals surface area contributed by atoms with Gasteiger partial charge in [0.1, 0.15) is 16.9 Å². The maximum Gasteiger partial charge on any atom is 0.341 e. The number of hydrogen-bond donors (Lipinski definition) is 0. The maximum atomic E-state index is 13.4. The van der Waals surface area contributed by atoms with Crippen molar-refractivity contribution >= 4 is 28.6 Å². The minimum absolute atomic E-state index is 0.0252. The van der Waals surface area contributed by atoms with Crippen LogP contribution in [-0.4, -0.2) is 32.4 Å². The van der Waals surface area contributed by atoms with E-state index in [9.17, 15) is 14.4 Å². The van der Waals surface area contributed by atoms with Crippen LogP contribution in [-0.2, 0) is 11.3 Å². The lowest BCUT2D eigenvalue weighted by molar-refractivity contribution is 0.0523. The largest absolute Gasteiger partial charge is 0.462 e. The summed E-state index contributed by atoms with van der Waals surface area (Å²) < 4.78 is 13.6. The molecule has 0 atom stereocenters. The number of pyridine rings is 2. The van der Waals surface area contributed by atoms with Crippen LogP contribution in [0, 0.1) is 6.92 Å². The van der Waals surface area contributed by atoms with E-state index in [4.69, 9.17) is 14.1 Å². The molecular weight excluding hydrogens is 436 g/mol. The molecule has 1 amide bonds. The summed E-state index contributed by atoms with van der Waals surface area (Å²) in [4.78, 5) is 48.2. The van der Waals surface area contributed by atoms with Crippen molar-refractivity contribution in [3.8, 4) is 0 Å². The van der Waals surface area contributed by atoms with Crippen LogP contribution < -0.4 is 11.0 Å². The second kappa shape index (κ2) is 9.86. The van der Waals surface area contributed by atoms with Crippen LogP contribution in [0.25, 0.3) is 16.7 Å². The first-order valence-corrected chi connectivity index (χ1v) is 11.3. The lowest BCUT2D eigenvalue weighted by Crippen LogP contribution is -2.33. The van der Waals surface area contributed by atoms with Crippen LogP contribution in [0.2, 0.25) is 0 Å². The third-order valence-corrected chi connectivity index (χ3v) is 5.53. The summed E-state index contributed by atoms with van der Waals surface area (Å²) in [6.07, 6.45) is 5.64. The van der Waals surface area contributed by atoms with Crippen molar-refractivity contribution < 1.29 is 18.7 Å². The summed E-state index contributed by atoms with van der Waals surface area (Å²) in [7, 11) is 0. The molecule has 4 rings (SSSR count). The van der Waals surface area contributed by atoms with Crippen LogP contribution in [0.15, 0.2) is 57.0 Å².